The third-order valence-corrected chi connectivity index (χ3v) is 4.18. The first-order valence-electron chi connectivity index (χ1n) is 8.17. The minimum atomic E-state index is -0.266. The summed E-state index contributed by atoms with van der Waals surface area (Å²) >= 11 is 0. The van der Waals surface area contributed by atoms with Crippen molar-refractivity contribution in [1.82, 2.24) is 10.3 Å². The second-order valence-electron chi connectivity index (χ2n) is 5.94. The fourth-order valence-corrected chi connectivity index (χ4v) is 2.51. The van der Waals surface area contributed by atoms with E-state index in [-0.39, 0.29) is 6.03 Å². The molecule has 25 heavy (non-hydrogen) atoms. The Morgan fingerprint density at radius 2 is 1.80 bits per heavy atom. The van der Waals surface area contributed by atoms with Crippen LogP contribution in [0.25, 0.3) is 11.5 Å². The summed E-state index contributed by atoms with van der Waals surface area (Å²) in [4.78, 5) is 16.6. The molecule has 0 saturated heterocycles. The monoisotopic (exact) mass is 335 g/mol. The van der Waals surface area contributed by atoms with E-state index in [1.54, 1.807) is 0 Å². The number of nitrogens with zero attached hydrogens (tertiary/aromatic N) is 1. The van der Waals surface area contributed by atoms with Crippen LogP contribution in [0.2, 0.25) is 0 Å². The van der Waals surface area contributed by atoms with Gasteiger partial charge in [-0.2, -0.15) is 0 Å². The Kier molecular flexibility index (Phi) is 4.84. The first kappa shape index (κ1) is 16.8. The summed E-state index contributed by atoms with van der Waals surface area (Å²) in [7, 11) is 0. The van der Waals surface area contributed by atoms with Gasteiger partial charge < -0.3 is 15.1 Å². The maximum Gasteiger partial charge on any atom is 0.319 e. The van der Waals surface area contributed by atoms with E-state index in [2.05, 4.69) is 15.6 Å². The molecular formula is C20H21N3O2. The van der Waals surface area contributed by atoms with Crippen LogP contribution in [-0.4, -0.2) is 11.0 Å². The van der Waals surface area contributed by atoms with Gasteiger partial charge in [0.15, 0.2) is 0 Å². The SMILES string of the molecule is Cc1cccc(NC(=O)NCc2nc(-c3ccccc3)oc2C)c1C. The van der Waals surface area contributed by atoms with Crippen molar-refractivity contribution in [2.75, 3.05) is 5.32 Å². The Labute approximate surface area is 147 Å². The van der Waals surface area contributed by atoms with Gasteiger partial charge in [-0.05, 0) is 50.1 Å². The second kappa shape index (κ2) is 7.21. The van der Waals surface area contributed by atoms with E-state index in [1.807, 2.05) is 69.3 Å². The van der Waals surface area contributed by atoms with Crippen LogP contribution >= 0.6 is 0 Å². The van der Waals surface area contributed by atoms with Gasteiger partial charge in [0.2, 0.25) is 5.89 Å². The zero-order valence-electron chi connectivity index (χ0n) is 14.6. The average molecular weight is 335 g/mol. The molecule has 0 aliphatic carbocycles. The van der Waals surface area contributed by atoms with Crippen molar-refractivity contribution >= 4 is 11.7 Å². The normalized spacial score (nSPS) is 10.5. The van der Waals surface area contributed by atoms with E-state index < -0.39 is 0 Å². The van der Waals surface area contributed by atoms with Gasteiger partial charge >= 0.3 is 6.03 Å². The predicted molar refractivity (Wildman–Crippen MR) is 98.5 cm³/mol. The van der Waals surface area contributed by atoms with Crippen LogP contribution in [0.4, 0.5) is 10.5 Å². The molecule has 0 aliphatic heterocycles. The van der Waals surface area contributed by atoms with Gasteiger partial charge in [-0.25, -0.2) is 9.78 Å². The number of oxazole rings is 1. The summed E-state index contributed by atoms with van der Waals surface area (Å²) in [6.07, 6.45) is 0. The second-order valence-corrected chi connectivity index (χ2v) is 5.94. The molecule has 0 atom stereocenters. The summed E-state index contributed by atoms with van der Waals surface area (Å²) in [5.41, 5.74) is 4.63. The lowest BCUT2D eigenvalue weighted by atomic mass is 10.1. The molecule has 0 spiro atoms. The van der Waals surface area contributed by atoms with Crippen molar-refractivity contribution in [3.63, 3.8) is 0 Å². The molecule has 1 heterocycles. The van der Waals surface area contributed by atoms with Crippen molar-refractivity contribution in [1.29, 1.82) is 0 Å². The maximum absolute atomic E-state index is 12.2. The highest BCUT2D eigenvalue weighted by Gasteiger charge is 2.12. The van der Waals surface area contributed by atoms with E-state index in [0.29, 0.717) is 18.2 Å². The van der Waals surface area contributed by atoms with Crippen molar-refractivity contribution in [3.05, 3.63) is 71.1 Å². The number of amides is 2. The van der Waals surface area contributed by atoms with Crippen molar-refractivity contribution in [3.8, 4) is 11.5 Å². The first-order valence-corrected chi connectivity index (χ1v) is 8.17. The Balaban J connectivity index is 1.65. The van der Waals surface area contributed by atoms with Crippen LogP contribution in [0.5, 0.6) is 0 Å². The zero-order valence-corrected chi connectivity index (χ0v) is 14.6. The molecule has 0 bridgehead atoms. The quantitative estimate of drug-likeness (QED) is 0.733. The predicted octanol–water partition coefficient (Wildman–Crippen LogP) is 4.59. The highest BCUT2D eigenvalue weighted by molar-refractivity contribution is 5.90. The lowest BCUT2D eigenvalue weighted by Gasteiger charge is -2.10. The molecule has 1 aromatic heterocycles. The molecular weight excluding hydrogens is 314 g/mol. The van der Waals surface area contributed by atoms with E-state index in [0.717, 1.165) is 28.1 Å². The maximum atomic E-state index is 12.2. The number of anilines is 1. The largest absolute Gasteiger partial charge is 0.441 e. The number of nitrogens with one attached hydrogen (secondary N) is 2. The Morgan fingerprint density at radius 3 is 2.56 bits per heavy atom. The number of benzene rings is 2. The summed E-state index contributed by atoms with van der Waals surface area (Å²) in [6.45, 7) is 6.15. The van der Waals surface area contributed by atoms with E-state index in [1.165, 1.54) is 0 Å². The molecule has 2 amide bonds. The topological polar surface area (TPSA) is 67.2 Å². The van der Waals surface area contributed by atoms with Crippen LogP contribution in [-0.2, 0) is 6.54 Å². The number of urea groups is 1. The van der Waals surface area contributed by atoms with Crippen LogP contribution in [0.1, 0.15) is 22.6 Å². The van der Waals surface area contributed by atoms with Crippen LogP contribution < -0.4 is 10.6 Å². The Morgan fingerprint density at radius 1 is 1.04 bits per heavy atom. The smallest absolute Gasteiger partial charge is 0.319 e. The van der Waals surface area contributed by atoms with Gasteiger partial charge in [-0.3, -0.25) is 0 Å². The van der Waals surface area contributed by atoms with Gasteiger partial charge in [0.05, 0.1) is 6.54 Å². The van der Waals surface area contributed by atoms with Gasteiger partial charge in [0.1, 0.15) is 11.5 Å². The number of aryl methyl sites for hydroxylation is 2. The van der Waals surface area contributed by atoms with Crippen molar-refractivity contribution in [2.45, 2.75) is 27.3 Å². The molecule has 3 rings (SSSR count). The van der Waals surface area contributed by atoms with E-state index >= 15 is 0 Å². The van der Waals surface area contributed by atoms with Gasteiger partial charge in [-0.1, -0.05) is 30.3 Å². The third kappa shape index (κ3) is 3.88. The fourth-order valence-electron chi connectivity index (χ4n) is 2.51. The highest BCUT2D eigenvalue weighted by Crippen LogP contribution is 2.21. The molecule has 5 heteroatoms. The van der Waals surface area contributed by atoms with Gasteiger partial charge in [-0.15, -0.1) is 0 Å². The minimum absolute atomic E-state index is 0.266. The van der Waals surface area contributed by atoms with E-state index in [4.69, 9.17) is 4.42 Å². The lowest BCUT2D eigenvalue weighted by Crippen LogP contribution is -2.28. The van der Waals surface area contributed by atoms with Gasteiger partial charge in [0.25, 0.3) is 0 Å². The molecule has 0 fully saturated rings. The zero-order chi connectivity index (χ0) is 17.8. The van der Waals surface area contributed by atoms with Crippen LogP contribution in [0.3, 0.4) is 0 Å². The number of carbonyl (C=O) groups excluding carboxylic acids is 1. The standard InChI is InChI=1S/C20H21N3O2/c1-13-8-7-11-17(14(13)2)23-20(24)21-12-18-15(3)25-19(22-18)16-9-5-4-6-10-16/h4-11H,12H2,1-3H3,(H2,21,23,24). The highest BCUT2D eigenvalue weighted by atomic mass is 16.4. The van der Waals surface area contributed by atoms with Gasteiger partial charge in [0, 0.05) is 11.3 Å². The molecule has 3 aromatic rings. The molecule has 5 nitrogen and oxygen atoms in total. The molecule has 0 saturated carbocycles. The Bertz CT molecular complexity index is 885. The lowest BCUT2D eigenvalue weighted by molar-refractivity contribution is 0.251. The minimum Gasteiger partial charge on any atom is -0.441 e. The fraction of sp³-hybridized carbons (Fsp3) is 0.200. The molecule has 0 aliphatic rings. The number of aromatic nitrogens is 1. The van der Waals surface area contributed by atoms with Crippen molar-refractivity contribution < 1.29 is 9.21 Å². The molecule has 0 radical (unpaired) electrons. The number of hydrogen-bond donors (Lipinski definition) is 2. The first-order chi connectivity index (χ1) is 12.0. The summed E-state index contributed by atoms with van der Waals surface area (Å²) in [5.74, 6) is 1.26. The number of hydrogen-bond acceptors (Lipinski definition) is 3. The molecule has 2 aromatic carbocycles. The summed E-state index contributed by atoms with van der Waals surface area (Å²) in [5, 5.41) is 5.70. The molecule has 128 valence electrons. The average Bonchev–Trinajstić information content (AvgIpc) is 2.99. The number of rotatable bonds is 4. The Hall–Kier alpha value is -3.08. The van der Waals surface area contributed by atoms with Crippen LogP contribution in [0.15, 0.2) is 52.9 Å². The molecule has 2 N–H and O–H groups in total. The summed E-state index contributed by atoms with van der Waals surface area (Å²) in [6, 6.07) is 15.3. The third-order valence-electron chi connectivity index (χ3n) is 4.18. The van der Waals surface area contributed by atoms with Crippen LogP contribution in [0, 0.1) is 20.8 Å². The summed E-state index contributed by atoms with van der Waals surface area (Å²) < 4.78 is 5.70. The number of carbonyl (C=O) groups is 1. The van der Waals surface area contributed by atoms with E-state index in [9.17, 15) is 4.79 Å². The molecule has 0 unspecified atom stereocenters. The van der Waals surface area contributed by atoms with Crippen molar-refractivity contribution in [2.24, 2.45) is 0 Å².